The van der Waals surface area contributed by atoms with Gasteiger partial charge in [-0.1, -0.05) is 0 Å². The Morgan fingerprint density at radius 3 is 2.96 bits per heavy atom. The molecule has 0 aliphatic carbocycles. The van der Waals surface area contributed by atoms with Crippen molar-refractivity contribution in [1.82, 2.24) is 24.4 Å². The highest BCUT2D eigenvalue weighted by Gasteiger charge is 2.31. The molecule has 130 valence electrons. The summed E-state index contributed by atoms with van der Waals surface area (Å²) < 4.78 is 2.24. The molecule has 0 saturated carbocycles. The topological polar surface area (TPSA) is 49.7 Å². The van der Waals surface area contributed by atoms with Crippen LogP contribution < -0.4 is 0 Å². The summed E-state index contributed by atoms with van der Waals surface area (Å²) in [6.45, 7) is 1.89. The highest BCUT2D eigenvalue weighted by molar-refractivity contribution is 7.08. The molecule has 26 heavy (non-hydrogen) atoms. The maximum absolute atomic E-state index is 4.65. The second-order valence-corrected chi connectivity index (χ2v) is 7.30. The summed E-state index contributed by atoms with van der Waals surface area (Å²) in [7, 11) is 0. The van der Waals surface area contributed by atoms with Crippen molar-refractivity contribution in [1.29, 1.82) is 0 Å². The first-order chi connectivity index (χ1) is 12.9. The molecule has 0 aromatic carbocycles. The lowest BCUT2D eigenvalue weighted by molar-refractivity contribution is 0.197. The first kappa shape index (κ1) is 15.5. The minimum atomic E-state index is 0.206. The number of H-pyrrole nitrogens is 1. The molecule has 5 rings (SSSR count). The van der Waals surface area contributed by atoms with Crippen LogP contribution in [0.4, 0.5) is 0 Å². The normalized spacial score (nSPS) is 17.3. The molecule has 5 nitrogen and oxygen atoms in total. The van der Waals surface area contributed by atoms with Crippen LogP contribution in [0.25, 0.3) is 5.69 Å². The second kappa shape index (κ2) is 6.55. The van der Waals surface area contributed by atoms with Gasteiger partial charge in [-0.25, -0.2) is 4.98 Å². The third-order valence-corrected chi connectivity index (χ3v) is 5.72. The van der Waals surface area contributed by atoms with E-state index < -0.39 is 0 Å². The van der Waals surface area contributed by atoms with Gasteiger partial charge in [0.15, 0.2) is 0 Å². The molecule has 1 aliphatic rings. The molecule has 0 spiro atoms. The van der Waals surface area contributed by atoms with Gasteiger partial charge >= 0.3 is 0 Å². The quantitative estimate of drug-likeness (QED) is 0.601. The maximum Gasteiger partial charge on any atom is 0.0926 e. The smallest absolute Gasteiger partial charge is 0.0926 e. The van der Waals surface area contributed by atoms with Gasteiger partial charge in [0, 0.05) is 55.2 Å². The summed E-state index contributed by atoms with van der Waals surface area (Å²) in [5.41, 5.74) is 6.17. The number of nitrogens with one attached hydrogen (secondary N) is 1. The number of hydrogen-bond donors (Lipinski definition) is 1. The van der Waals surface area contributed by atoms with Gasteiger partial charge in [0.05, 0.1) is 18.1 Å². The van der Waals surface area contributed by atoms with E-state index in [1.807, 2.05) is 30.9 Å². The van der Waals surface area contributed by atoms with Crippen molar-refractivity contribution < 1.29 is 0 Å². The summed E-state index contributed by atoms with van der Waals surface area (Å²) in [6.07, 6.45) is 8.63. The maximum atomic E-state index is 4.65. The standard InChI is InChI=1S/C20H19N5S/c1-2-17(25(9-1)16-3-7-21-8-4-16)12-24-10-5-18-19(23-14-22-18)20(24)15-6-11-26-13-15/h1-4,6-9,11,13-14,20H,5,10,12H2,(H,22,23)/t20-/m0/s1. The summed E-state index contributed by atoms with van der Waals surface area (Å²) >= 11 is 1.74. The number of rotatable bonds is 4. The van der Waals surface area contributed by atoms with Crippen molar-refractivity contribution in [3.63, 3.8) is 0 Å². The number of imidazole rings is 1. The Morgan fingerprint density at radius 1 is 1.19 bits per heavy atom. The number of aromatic amines is 1. The van der Waals surface area contributed by atoms with Crippen molar-refractivity contribution in [2.45, 2.75) is 19.0 Å². The van der Waals surface area contributed by atoms with Crippen LogP contribution in [0, 0.1) is 0 Å². The van der Waals surface area contributed by atoms with E-state index in [2.05, 4.69) is 59.6 Å². The van der Waals surface area contributed by atoms with Gasteiger partial charge in [0.25, 0.3) is 0 Å². The average Bonchev–Trinajstić information content (AvgIpc) is 3.44. The highest BCUT2D eigenvalue weighted by atomic mass is 32.1. The van der Waals surface area contributed by atoms with Gasteiger partial charge in [-0.15, -0.1) is 0 Å². The fourth-order valence-electron chi connectivity index (χ4n) is 3.80. The molecule has 4 aromatic heterocycles. The molecule has 5 heterocycles. The van der Waals surface area contributed by atoms with Crippen LogP contribution in [0.15, 0.2) is 66.0 Å². The molecular formula is C20H19N5S. The average molecular weight is 361 g/mol. The molecule has 4 aromatic rings. The van der Waals surface area contributed by atoms with Crippen molar-refractivity contribution >= 4 is 11.3 Å². The summed E-state index contributed by atoms with van der Waals surface area (Å²) in [5, 5.41) is 4.39. The predicted octanol–water partition coefficient (Wildman–Crippen LogP) is 3.80. The number of nitrogens with zero attached hydrogens (tertiary/aromatic N) is 4. The van der Waals surface area contributed by atoms with Gasteiger partial charge in [0.1, 0.15) is 0 Å². The number of aromatic nitrogens is 4. The van der Waals surface area contributed by atoms with E-state index in [-0.39, 0.29) is 6.04 Å². The third kappa shape index (κ3) is 2.67. The van der Waals surface area contributed by atoms with Crippen molar-refractivity contribution in [2.24, 2.45) is 0 Å². The Balaban J connectivity index is 1.50. The molecule has 0 bridgehead atoms. The van der Waals surface area contributed by atoms with Crippen LogP contribution in [0.5, 0.6) is 0 Å². The van der Waals surface area contributed by atoms with Crippen molar-refractivity contribution in [3.8, 4) is 5.69 Å². The van der Waals surface area contributed by atoms with E-state index in [9.17, 15) is 0 Å². The van der Waals surface area contributed by atoms with Crippen LogP contribution in [-0.2, 0) is 13.0 Å². The summed E-state index contributed by atoms with van der Waals surface area (Å²) in [4.78, 5) is 14.6. The number of fused-ring (bicyclic) bond motifs is 1. The number of hydrogen-bond acceptors (Lipinski definition) is 4. The minimum Gasteiger partial charge on any atom is -0.348 e. The first-order valence-corrected chi connectivity index (χ1v) is 9.69. The molecule has 0 radical (unpaired) electrons. The number of pyridine rings is 1. The Labute approximate surface area is 156 Å². The van der Waals surface area contributed by atoms with Crippen LogP contribution in [0.2, 0.25) is 0 Å². The molecule has 0 amide bonds. The molecule has 1 N–H and O–H groups in total. The van der Waals surface area contributed by atoms with E-state index in [1.54, 1.807) is 11.3 Å². The largest absolute Gasteiger partial charge is 0.348 e. The van der Waals surface area contributed by atoms with Crippen LogP contribution in [-0.4, -0.2) is 31.0 Å². The van der Waals surface area contributed by atoms with E-state index >= 15 is 0 Å². The fraction of sp³-hybridized carbons (Fsp3) is 0.200. The first-order valence-electron chi connectivity index (χ1n) is 8.75. The molecule has 1 aliphatic heterocycles. The van der Waals surface area contributed by atoms with Crippen LogP contribution in [0.3, 0.4) is 0 Å². The Morgan fingerprint density at radius 2 is 2.12 bits per heavy atom. The predicted molar refractivity (Wildman–Crippen MR) is 102 cm³/mol. The fourth-order valence-corrected chi connectivity index (χ4v) is 4.48. The molecule has 0 saturated heterocycles. The van der Waals surface area contributed by atoms with Crippen molar-refractivity contribution in [2.75, 3.05) is 6.54 Å². The van der Waals surface area contributed by atoms with Crippen LogP contribution >= 0.6 is 11.3 Å². The van der Waals surface area contributed by atoms with Gasteiger partial charge in [-0.3, -0.25) is 9.88 Å². The summed E-state index contributed by atoms with van der Waals surface area (Å²) in [5.74, 6) is 0. The Bertz CT molecular complexity index is 986. The van der Waals surface area contributed by atoms with E-state index in [0.717, 1.165) is 30.9 Å². The van der Waals surface area contributed by atoms with Crippen molar-refractivity contribution in [3.05, 3.63) is 88.7 Å². The minimum absolute atomic E-state index is 0.206. The monoisotopic (exact) mass is 361 g/mol. The molecule has 0 unspecified atom stereocenters. The molecular weight excluding hydrogens is 342 g/mol. The van der Waals surface area contributed by atoms with Gasteiger partial charge < -0.3 is 9.55 Å². The lowest BCUT2D eigenvalue weighted by Gasteiger charge is -2.34. The lowest BCUT2D eigenvalue weighted by atomic mass is 9.97. The zero-order valence-corrected chi connectivity index (χ0v) is 15.1. The number of thiophene rings is 1. The zero-order chi connectivity index (χ0) is 17.3. The highest BCUT2D eigenvalue weighted by Crippen LogP contribution is 2.35. The second-order valence-electron chi connectivity index (χ2n) is 6.52. The molecule has 0 fully saturated rings. The molecule has 1 atom stereocenters. The van der Waals surface area contributed by atoms with Crippen LogP contribution in [0.1, 0.15) is 28.7 Å². The SMILES string of the molecule is c1cc(CN2CCc3[nH]cnc3[C@@H]2c2ccsc2)n(-c2ccncc2)c1. The lowest BCUT2D eigenvalue weighted by Crippen LogP contribution is -2.36. The molecule has 6 heteroatoms. The third-order valence-electron chi connectivity index (χ3n) is 5.02. The Hall–Kier alpha value is -2.70. The Kier molecular flexibility index (Phi) is 3.92. The van der Waals surface area contributed by atoms with E-state index in [1.165, 1.54) is 17.0 Å². The van der Waals surface area contributed by atoms with Gasteiger partial charge in [-0.05, 0) is 46.7 Å². The van der Waals surface area contributed by atoms with Gasteiger partial charge in [-0.2, -0.15) is 11.3 Å². The zero-order valence-electron chi connectivity index (χ0n) is 14.2. The van der Waals surface area contributed by atoms with Gasteiger partial charge in [0.2, 0.25) is 0 Å². The summed E-state index contributed by atoms with van der Waals surface area (Å²) in [6, 6.07) is 10.8. The van der Waals surface area contributed by atoms with E-state index in [4.69, 9.17) is 0 Å². The van der Waals surface area contributed by atoms with E-state index in [0.29, 0.717) is 0 Å².